The molecule has 150 valence electrons. The number of aromatic nitrogens is 3. The summed E-state index contributed by atoms with van der Waals surface area (Å²) in [6.45, 7) is 1.90. The van der Waals surface area contributed by atoms with Crippen LogP contribution in [0.15, 0.2) is 53.7 Å². The monoisotopic (exact) mass is 409 g/mol. The molecule has 0 radical (unpaired) electrons. The van der Waals surface area contributed by atoms with Gasteiger partial charge in [-0.05, 0) is 50.1 Å². The fraction of sp³-hybridized carbons (Fsp3) is 0.318. The summed E-state index contributed by atoms with van der Waals surface area (Å²) >= 11 is 0. The van der Waals surface area contributed by atoms with Crippen LogP contribution in [0.1, 0.15) is 43.4 Å². The Morgan fingerprint density at radius 3 is 2.55 bits per heavy atom. The Morgan fingerprint density at radius 1 is 1.10 bits per heavy atom. The number of aryl methyl sites for hydroxylation is 1. The van der Waals surface area contributed by atoms with Crippen molar-refractivity contribution in [1.29, 1.82) is 0 Å². The molecule has 0 spiro atoms. The van der Waals surface area contributed by atoms with Crippen LogP contribution in [-0.4, -0.2) is 28.1 Å². The predicted octanol–water partition coefficient (Wildman–Crippen LogP) is 4.14. The Hall–Kier alpha value is -2.80. The SMILES string of the molecule is Cc1ccc(S(=O)(=O)n2ccc3nc(/C=C/C(=O)C4CCCCC4)cnc32)cc1. The van der Waals surface area contributed by atoms with Crippen molar-refractivity contribution in [2.45, 2.75) is 43.9 Å². The average Bonchev–Trinajstić information content (AvgIpc) is 3.17. The summed E-state index contributed by atoms with van der Waals surface area (Å²) in [5.41, 5.74) is 2.25. The number of carbonyl (C=O) groups excluding carboxylic acids is 1. The van der Waals surface area contributed by atoms with Crippen molar-refractivity contribution in [3.63, 3.8) is 0 Å². The second-order valence-corrected chi connectivity index (χ2v) is 9.32. The number of carbonyl (C=O) groups is 1. The number of benzene rings is 1. The smallest absolute Gasteiger partial charge is 0.269 e. The van der Waals surface area contributed by atoms with Gasteiger partial charge in [-0.1, -0.05) is 37.0 Å². The van der Waals surface area contributed by atoms with Crippen molar-refractivity contribution in [2.24, 2.45) is 5.92 Å². The minimum atomic E-state index is -3.75. The van der Waals surface area contributed by atoms with E-state index in [9.17, 15) is 13.2 Å². The van der Waals surface area contributed by atoms with Gasteiger partial charge in [0.1, 0.15) is 5.52 Å². The fourth-order valence-electron chi connectivity index (χ4n) is 3.69. The molecule has 0 bridgehead atoms. The van der Waals surface area contributed by atoms with E-state index in [1.165, 1.54) is 18.8 Å². The standard InChI is InChI=1S/C22H23N3O3S/c1-16-7-10-19(11-8-16)29(27,28)25-14-13-20-22(25)23-15-18(24-20)9-12-21(26)17-5-3-2-4-6-17/h7-15,17H,2-6H2,1H3/b12-9+. The first kappa shape index (κ1) is 19.5. The van der Waals surface area contributed by atoms with E-state index >= 15 is 0 Å². The molecule has 0 aliphatic heterocycles. The first-order valence-electron chi connectivity index (χ1n) is 9.83. The summed E-state index contributed by atoms with van der Waals surface area (Å²) in [4.78, 5) is 21.3. The molecular formula is C22H23N3O3S. The summed E-state index contributed by atoms with van der Waals surface area (Å²) in [5.74, 6) is 0.239. The van der Waals surface area contributed by atoms with Crippen LogP contribution in [0, 0.1) is 12.8 Å². The summed E-state index contributed by atoms with van der Waals surface area (Å²) in [5, 5.41) is 0. The highest BCUT2D eigenvalue weighted by Crippen LogP contribution is 2.25. The van der Waals surface area contributed by atoms with Gasteiger partial charge >= 0.3 is 0 Å². The van der Waals surface area contributed by atoms with Crippen LogP contribution >= 0.6 is 0 Å². The lowest BCUT2D eigenvalue weighted by molar-refractivity contribution is -0.119. The lowest BCUT2D eigenvalue weighted by Crippen LogP contribution is -2.15. The molecule has 7 heteroatoms. The average molecular weight is 410 g/mol. The molecule has 1 saturated carbocycles. The summed E-state index contributed by atoms with van der Waals surface area (Å²) < 4.78 is 27.0. The second kappa shape index (κ2) is 7.91. The molecule has 0 N–H and O–H groups in total. The van der Waals surface area contributed by atoms with E-state index in [1.807, 2.05) is 6.92 Å². The first-order chi connectivity index (χ1) is 13.9. The molecule has 2 aromatic heterocycles. The van der Waals surface area contributed by atoms with Gasteiger partial charge < -0.3 is 0 Å². The van der Waals surface area contributed by atoms with Gasteiger partial charge in [0.15, 0.2) is 11.4 Å². The van der Waals surface area contributed by atoms with Crippen molar-refractivity contribution >= 4 is 33.0 Å². The molecule has 3 aromatic rings. The van der Waals surface area contributed by atoms with E-state index in [0.29, 0.717) is 11.2 Å². The summed E-state index contributed by atoms with van der Waals surface area (Å²) in [6.07, 6.45) is 11.5. The quantitative estimate of drug-likeness (QED) is 0.592. The third-order valence-corrected chi connectivity index (χ3v) is 7.06. The van der Waals surface area contributed by atoms with Gasteiger partial charge in [0.05, 0.1) is 16.8 Å². The number of allylic oxidation sites excluding steroid dienone is 1. The van der Waals surface area contributed by atoms with Crippen LogP contribution in [0.2, 0.25) is 0 Å². The number of nitrogens with zero attached hydrogens (tertiary/aromatic N) is 3. The Bertz CT molecular complexity index is 1170. The highest BCUT2D eigenvalue weighted by atomic mass is 32.2. The molecule has 0 amide bonds. The third kappa shape index (κ3) is 4.00. The van der Waals surface area contributed by atoms with Crippen molar-refractivity contribution in [3.05, 3.63) is 60.1 Å². The van der Waals surface area contributed by atoms with Gasteiger partial charge in [-0.3, -0.25) is 4.79 Å². The highest BCUT2D eigenvalue weighted by molar-refractivity contribution is 7.90. The zero-order valence-electron chi connectivity index (χ0n) is 16.3. The number of ketones is 1. The molecule has 0 saturated heterocycles. The van der Waals surface area contributed by atoms with E-state index < -0.39 is 10.0 Å². The minimum absolute atomic E-state index is 0.109. The molecule has 1 aliphatic carbocycles. The first-order valence-corrected chi connectivity index (χ1v) is 11.3. The van der Waals surface area contributed by atoms with Crippen LogP contribution in [0.4, 0.5) is 0 Å². The van der Waals surface area contributed by atoms with Crippen LogP contribution in [-0.2, 0) is 14.8 Å². The Morgan fingerprint density at radius 2 is 1.83 bits per heavy atom. The fourth-order valence-corrected chi connectivity index (χ4v) is 4.99. The van der Waals surface area contributed by atoms with Crippen molar-refractivity contribution < 1.29 is 13.2 Å². The topological polar surface area (TPSA) is 81.9 Å². The molecular weight excluding hydrogens is 386 g/mol. The van der Waals surface area contributed by atoms with E-state index in [-0.39, 0.29) is 22.2 Å². The Balaban J connectivity index is 1.60. The molecule has 0 unspecified atom stereocenters. The zero-order valence-corrected chi connectivity index (χ0v) is 17.1. The van der Waals surface area contributed by atoms with E-state index in [0.717, 1.165) is 35.2 Å². The maximum absolute atomic E-state index is 12.9. The molecule has 2 heterocycles. The summed E-state index contributed by atoms with van der Waals surface area (Å²) in [7, 11) is -3.75. The van der Waals surface area contributed by atoms with E-state index in [4.69, 9.17) is 0 Å². The number of rotatable bonds is 5. The largest absolute Gasteiger partial charge is 0.295 e. The molecule has 6 nitrogen and oxygen atoms in total. The van der Waals surface area contributed by atoms with Gasteiger partial charge in [0.2, 0.25) is 0 Å². The summed E-state index contributed by atoms with van der Waals surface area (Å²) in [6, 6.07) is 8.30. The Labute approximate surface area is 170 Å². The zero-order chi connectivity index (χ0) is 20.4. The van der Waals surface area contributed by atoms with Crippen molar-refractivity contribution in [2.75, 3.05) is 0 Å². The van der Waals surface area contributed by atoms with Crippen molar-refractivity contribution in [3.8, 4) is 0 Å². The van der Waals surface area contributed by atoms with Gasteiger partial charge in [0.25, 0.3) is 10.0 Å². The van der Waals surface area contributed by atoms with E-state index in [2.05, 4.69) is 9.97 Å². The van der Waals surface area contributed by atoms with Gasteiger partial charge in [-0.25, -0.2) is 22.4 Å². The minimum Gasteiger partial charge on any atom is -0.295 e. The van der Waals surface area contributed by atoms with E-state index in [1.54, 1.807) is 42.5 Å². The van der Waals surface area contributed by atoms with Crippen LogP contribution in [0.3, 0.4) is 0 Å². The molecule has 0 atom stereocenters. The number of hydrogen-bond donors (Lipinski definition) is 0. The molecule has 29 heavy (non-hydrogen) atoms. The third-order valence-electron chi connectivity index (χ3n) is 5.38. The maximum atomic E-state index is 12.9. The lowest BCUT2D eigenvalue weighted by Gasteiger charge is -2.18. The van der Waals surface area contributed by atoms with Gasteiger partial charge in [0, 0.05) is 12.1 Å². The lowest BCUT2D eigenvalue weighted by atomic mass is 9.86. The van der Waals surface area contributed by atoms with Crippen LogP contribution in [0.25, 0.3) is 17.2 Å². The van der Waals surface area contributed by atoms with Crippen LogP contribution in [0.5, 0.6) is 0 Å². The highest BCUT2D eigenvalue weighted by Gasteiger charge is 2.21. The van der Waals surface area contributed by atoms with Gasteiger partial charge in [-0.15, -0.1) is 0 Å². The van der Waals surface area contributed by atoms with Gasteiger partial charge in [-0.2, -0.15) is 0 Å². The number of fused-ring (bicyclic) bond motifs is 1. The van der Waals surface area contributed by atoms with Crippen molar-refractivity contribution in [1.82, 2.24) is 13.9 Å². The predicted molar refractivity (Wildman–Crippen MR) is 112 cm³/mol. The molecule has 1 aromatic carbocycles. The maximum Gasteiger partial charge on any atom is 0.269 e. The normalized spacial score (nSPS) is 15.9. The number of hydrogen-bond acceptors (Lipinski definition) is 5. The molecule has 1 fully saturated rings. The molecule has 1 aliphatic rings. The second-order valence-electron chi connectivity index (χ2n) is 7.50. The van der Waals surface area contributed by atoms with Crippen LogP contribution < -0.4 is 0 Å². The molecule has 4 rings (SSSR count). The Kier molecular flexibility index (Phi) is 5.32.